The standard InChI is InChI=1S/C12H15BrClN/c1-9(7-14)8-15-10(2)11-5-3-4-6-12(11)13/h3-7,10,15H,8H2,1-2H3/b9-7+/t10-/m1/s1. The monoisotopic (exact) mass is 287 g/mol. The molecule has 0 saturated heterocycles. The molecule has 3 heteroatoms. The van der Waals surface area contributed by atoms with Crippen molar-refractivity contribution in [3.05, 3.63) is 45.4 Å². The highest BCUT2D eigenvalue weighted by molar-refractivity contribution is 9.10. The molecule has 1 aromatic carbocycles. The Labute approximate surface area is 105 Å². The summed E-state index contributed by atoms with van der Waals surface area (Å²) in [5.74, 6) is 0. The summed E-state index contributed by atoms with van der Waals surface area (Å²) < 4.78 is 1.14. The molecule has 0 saturated carbocycles. The molecule has 1 N–H and O–H groups in total. The van der Waals surface area contributed by atoms with Crippen molar-refractivity contribution in [3.63, 3.8) is 0 Å². The van der Waals surface area contributed by atoms with E-state index in [1.54, 1.807) is 5.54 Å². The Morgan fingerprint density at radius 1 is 1.53 bits per heavy atom. The van der Waals surface area contributed by atoms with Gasteiger partial charge in [-0.1, -0.05) is 45.7 Å². The first-order valence-electron chi connectivity index (χ1n) is 4.89. The lowest BCUT2D eigenvalue weighted by Crippen LogP contribution is -2.20. The van der Waals surface area contributed by atoms with Gasteiger partial charge in [-0.25, -0.2) is 0 Å². The Hall–Kier alpha value is -0.310. The summed E-state index contributed by atoms with van der Waals surface area (Å²) in [7, 11) is 0. The van der Waals surface area contributed by atoms with Gasteiger partial charge in [-0.05, 0) is 31.1 Å². The molecule has 1 rings (SSSR count). The van der Waals surface area contributed by atoms with E-state index in [9.17, 15) is 0 Å². The van der Waals surface area contributed by atoms with Crippen molar-refractivity contribution in [2.75, 3.05) is 6.54 Å². The summed E-state index contributed by atoms with van der Waals surface area (Å²) in [5, 5.41) is 3.41. The van der Waals surface area contributed by atoms with Crippen LogP contribution in [0, 0.1) is 0 Å². The molecule has 0 heterocycles. The third kappa shape index (κ3) is 3.98. The number of halogens is 2. The first-order chi connectivity index (χ1) is 7.15. The highest BCUT2D eigenvalue weighted by Crippen LogP contribution is 2.22. The maximum atomic E-state index is 5.60. The smallest absolute Gasteiger partial charge is 0.0306 e. The number of nitrogens with one attached hydrogen (secondary N) is 1. The van der Waals surface area contributed by atoms with E-state index in [-0.39, 0.29) is 0 Å². The zero-order valence-electron chi connectivity index (χ0n) is 8.93. The van der Waals surface area contributed by atoms with Gasteiger partial charge in [-0.2, -0.15) is 0 Å². The molecule has 0 aliphatic heterocycles. The summed E-state index contributed by atoms with van der Waals surface area (Å²) in [6.07, 6.45) is 0. The molecule has 1 aromatic rings. The second-order valence-corrected chi connectivity index (χ2v) is 4.65. The summed E-state index contributed by atoms with van der Waals surface area (Å²) in [6.45, 7) is 4.96. The zero-order chi connectivity index (χ0) is 11.3. The molecule has 1 nitrogen and oxygen atoms in total. The fourth-order valence-corrected chi connectivity index (χ4v) is 1.99. The number of hydrogen-bond donors (Lipinski definition) is 1. The van der Waals surface area contributed by atoms with Crippen molar-refractivity contribution in [2.45, 2.75) is 19.9 Å². The van der Waals surface area contributed by atoms with Crippen LogP contribution in [0.2, 0.25) is 0 Å². The fraction of sp³-hybridized carbons (Fsp3) is 0.333. The second kappa shape index (κ2) is 6.31. The highest BCUT2D eigenvalue weighted by atomic mass is 79.9. The molecule has 1 atom stereocenters. The first-order valence-corrected chi connectivity index (χ1v) is 6.11. The van der Waals surface area contributed by atoms with Crippen molar-refractivity contribution in [2.24, 2.45) is 0 Å². The van der Waals surface area contributed by atoms with Crippen LogP contribution in [0.4, 0.5) is 0 Å². The molecule has 0 fully saturated rings. The third-order valence-corrected chi connectivity index (χ3v) is 3.34. The van der Waals surface area contributed by atoms with Gasteiger partial charge in [0.25, 0.3) is 0 Å². The van der Waals surface area contributed by atoms with Crippen LogP contribution in [0.25, 0.3) is 0 Å². The molecule has 0 unspecified atom stereocenters. The molecule has 0 aliphatic carbocycles. The molecule has 0 bridgehead atoms. The molecule has 0 radical (unpaired) electrons. The molecule has 82 valence electrons. The number of rotatable bonds is 4. The maximum absolute atomic E-state index is 5.60. The van der Waals surface area contributed by atoms with Crippen LogP contribution in [0.3, 0.4) is 0 Å². The van der Waals surface area contributed by atoms with Gasteiger partial charge in [-0.15, -0.1) is 0 Å². The quantitative estimate of drug-likeness (QED) is 0.874. The Balaban J connectivity index is 2.61. The van der Waals surface area contributed by atoms with E-state index in [2.05, 4.69) is 40.3 Å². The third-order valence-electron chi connectivity index (χ3n) is 2.25. The zero-order valence-corrected chi connectivity index (χ0v) is 11.3. The van der Waals surface area contributed by atoms with Gasteiger partial charge in [0.1, 0.15) is 0 Å². The van der Waals surface area contributed by atoms with E-state index in [1.807, 2.05) is 19.1 Å². The minimum absolute atomic E-state index is 0.312. The van der Waals surface area contributed by atoms with Crippen LogP contribution in [-0.4, -0.2) is 6.54 Å². The lowest BCUT2D eigenvalue weighted by molar-refractivity contribution is 0.605. The van der Waals surface area contributed by atoms with Gasteiger partial charge in [0.2, 0.25) is 0 Å². The van der Waals surface area contributed by atoms with Crippen LogP contribution in [-0.2, 0) is 0 Å². The highest BCUT2D eigenvalue weighted by Gasteiger charge is 2.07. The van der Waals surface area contributed by atoms with Crippen LogP contribution in [0.5, 0.6) is 0 Å². The van der Waals surface area contributed by atoms with Crippen molar-refractivity contribution in [3.8, 4) is 0 Å². The minimum atomic E-state index is 0.312. The lowest BCUT2D eigenvalue weighted by atomic mass is 10.1. The van der Waals surface area contributed by atoms with E-state index >= 15 is 0 Å². The van der Waals surface area contributed by atoms with Gasteiger partial charge in [0.05, 0.1) is 0 Å². The Bertz CT molecular complexity index is 349. The molecule has 0 spiro atoms. The lowest BCUT2D eigenvalue weighted by Gasteiger charge is -2.15. The van der Waals surface area contributed by atoms with Crippen LogP contribution in [0.1, 0.15) is 25.5 Å². The Morgan fingerprint density at radius 2 is 2.20 bits per heavy atom. The van der Waals surface area contributed by atoms with Crippen molar-refractivity contribution < 1.29 is 0 Å². The van der Waals surface area contributed by atoms with Gasteiger partial charge in [-0.3, -0.25) is 0 Å². The predicted molar refractivity (Wildman–Crippen MR) is 70.2 cm³/mol. The Kier molecular flexibility index (Phi) is 5.37. The average molecular weight is 289 g/mol. The van der Waals surface area contributed by atoms with Gasteiger partial charge >= 0.3 is 0 Å². The van der Waals surface area contributed by atoms with Gasteiger partial charge < -0.3 is 5.32 Å². The molecule has 0 amide bonds. The van der Waals surface area contributed by atoms with Crippen LogP contribution >= 0.6 is 27.5 Å². The van der Waals surface area contributed by atoms with Crippen molar-refractivity contribution in [1.82, 2.24) is 5.32 Å². The average Bonchev–Trinajstić information content (AvgIpc) is 2.26. The fourth-order valence-electron chi connectivity index (χ4n) is 1.29. The largest absolute Gasteiger partial charge is 0.306 e. The Morgan fingerprint density at radius 3 is 2.80 bits per heavy atom. The second-order valence-electron chi connectivity index (χ2n) is 3.58. The van der Waals surface area contributed by atoms with E-state index in [0.717, 1.165) is 16.6 Å². The summed E-state index contributed by atoms with van der Waals surface area (Å²) in [4.78, 5) is 0. The van der Waals surface area contributed by atoms with E-state index in [0.29, 0.717) is 6.04 Å². The molecule has 0 aromatic heterocycles. The minimum Gasteiger partial charge on any atom is -0.306 e. The van der Waals surface area contributed by atoms with Crippen LogP contribution < -0.4 is 5.32 Å². The molecular weight excluding hydrogens is 273 g/mol. The van der Waals surface area contributed by atoms with E-state index < -0.39 is 0 Å². The summed E-state index contributed by atoms with van der Waals surface area (Å²) in [5.41, 5.74) is 4.01. The number of benzene rings is 1. The van der Waals surface area contributed by atoms with E-state index in [4.69, 9.17) is 11.6 Å². The normalized spacial score (nSPS) is 14.0. The SMILES string of the molecule is C/C(=C\Cl)CN[C@H](C)c1ccccc1Br. The van der Waals surface area contributed by atoms with Gasteiger partial charge in [0, 0.05) is 22.6 Å². The number of hydrogen-bond acceptors (Lipinski definition) is 1. The molecule has 0 aliphatic rings. The first kappa shape index (κ1) is 12.8. The van der Waals surface area contributed by atoms with Crippen molar-refractivity contribution in [1.29, 1.82) is 0 Å². The molecular formula is C12H15BrClN. The van der Waals surface area contributed by atoms with Gasteiger partial charge in [0.15, 0.2) is 0 Å². The maximum Gasteiger partial charge on any atom is 0.0306 e. The summed E-state index contributed by atoms with van der Waals surface area (Å²) >= 11 is 9.14. The summed E-state index contributed by atoms with van der Waals surface area (Å²) in [6, 6.07) is 8.54. The van der Waals surface area contributed by atoms with Crippen LogP contribution in [0.15, 0.2) is 39.8 Å². The topological polar surface area (TPSA) is 12.0 Å². The molecule has 15 heavy (non-hydrogen) atoms. The van der Waals surface area contributed by atoms with E-state index in [1.165, 1.54) is 5.56 Å². The van der Waals surface area contributed by atoms with Crippen molar-refractivity contribution >= 4 is 27.5 Å². The predicted octanol–water partition coefficient (Wildman–Crippen LogP) is 4.24.